The van der Waals surface area contributed by atoms with Gasteiger partial charge in [0.15, 0.2) is 0 Å². The largest absolute Gasteiger partial charge is 0.492 e. The van der Waals surface area contributed by atoms with Crippen molar-refractivity contribution in [3.63, 3.8) is 0 Å². The van der Waals surface area contributed by atoms with Crippen LogP contribution in [0.1, 0.15) is 39.0 Å². The lowest BCUT2D eigenvalue weighted by Gasteiger charge is -2.06. The average Bonchev–Trinajstić information content (AvgIpc) is 2.37. The number of hydrogen-bond acceptors (Lipinski definition) is 3. The third-order valence-electron chi connectivity index (χ3n) is 2.62. The molecule has 0 bridgehead atoms. The van der Waals surface area contributed by atoms with Crippen LogP contribution in [-0.4, -0.2) is 24.7 Å². The Labute approximate surface area is 118 Å². The maximum absolute atomic E-state index is 5.62. The highest BCUT2D eigenvalue weighted by Gasteiger charge is 1.96. The molecule has 0 saturated carbocycles. The highest BCUT2D eigenvalue weighted by Crippen LogP contribution is 2.16. The molecule has 1 heterocycles. The topological polar surface area (TPSA) is 34.1 Å². The number of nitrogens with zero attached hydrogens (tertiary/aromatic N) is 1. The van der Waals surface area contributed by atoms with E-state index >= 15 is 0 Å². The second-order valence-corrected chi connectivity index (χ2v) is 5.27. The number of unbranched alkanes of at least 4 members (excludes halogenated alkanes) is 3. The van der Waals surface area contributed by atoms with Gasteiger partial charge in [-0.2, -0.15) is 0 Å². The molecule has 0 aliphatic heterocycles. The van der Waals surface area contributed by atoms with E-state index in [1.165, 1.54) is 25.7 Å². The van der Waals surface area contributed by atoms with Crippen LogP contribution >= 0.6 is 15.9 Å². The van der Waals surface area contributed by atoms with Crippen LogP contribution in [0.3, 0.4) is 0 Å². The molecule has 0 aliphatic carbocycles. The highest BCUT2D eigenvalue weighted by atomic mass is 79.9. The zero-order valence-electron chi connectivity index (χ0n) is 11.1. The van der Waals surface area contributed by atoms with E-state index in [1.807, 2.05) is 6.07 Å². The maximum Gasteiger partial charge on any atom is 0.138 e. The van der Waals surface area contributed by atoms with Crippen molar-refractivity contribution in [1.82, 2.24) is 10.3 Å². The Bertz CT molecular complexity index is 320. The van der Waals surface area contributed by atoms with Gasteiger partial charge in [0.2, 0.25) is 0 Å². The third kappa shape index (κ3) is 7.67. The Kier molecular flexibility index (Phi) is 8.86. The van der Waals surface area contributed by atoms with Gasteiger partial charge in [0.1, 0.15) is 5.75 Å². The molecule has 1 aromatic heterocycles. The van der Waals surface area contributed by atoms with Crippen molar-refractivity contribution in [3.05, 3.63) is 22.9 Å². The van der Waals surface area contributed by atoms with Crippen LogP contribution in [0.15, 0.2) is 22.9 Å². The first-order chi connectivity index (χ1) is 8.83. The van der Waals surface area contributed by atoms with Gasteiger partial charge in [0, 0.05) is 10.7 Å². The fourth-order valence-corrected chi connectivity index (χ4v) is 2.01. The second-order valence-electron chi connectivity index (χ2n) is 4.35. The normalized spacial score (nSPS) is 10.6. The Balaban J connectivity index is 1.92. The second kappa shape index (κ2) is 10.3. The van der Waals surface area contributed by atoms with E-state index in [4.69, 9.17) is 4.74 Å². The van der Waals surface area contributed by atoms with E-state index < -0.39 is 0 Å². The lowest BCUT2D eigenvalue weighted by atomic mass is 10.2. The average molecular weight is 315 g/mol. The molecule has 0 radical (unpaired) electrons. The van der Waals surface area contributed by atoms with Crippen LogP contribution in [0, 0.1) is 0 Å². The van der Waals surface area contributed by atoms with Gasteiger partial charge >= 0.3 is 0 Å². The molecular formula is C14H23BrN2O. The van der Waals surface area contributed by atoms with E-state index in [0.717, 1.165) is 36.3 Å². The maximum atomic E-state index is 5.62. The molecule has 0 unspecified atom stereocenters. The molecule has 0 spiro atoms. The van der Waals surface area contributed by atoms with Crippen molar-refractivity contribution in [3.8, 4) is 5.75 Å². The van der Waals surface area contributed by atoms with E-state index in [2.05, 4.69) is 33.2 Å². The summed E-state index contributed by atoms with van der Waals surface area (Å²) < 4.78 is 6.58. The zero-order valence-corrected chi connectivity index (χ0v) is 12.7. The smallest absolute Gasteiger partial charge is 0.138 e. The monoisotopic (exact) mass is 314 g/mol. The minimum atomic E-state index is 0.778. The van der Waals surface area contributed by atoms with E-state index in [1.54, 1.807) is 12.4 Å². The van der Waals surface area contributed by atoms with Crippen molar-refractivity contribution < 1.29 is 4.74 Å². The molecule has 0 aliphatic rings. The number of aromatic nitrogens is 1. The van der Waals surface area contributed by atoms with E-state index in [0.29, 0.717) is 0 Å². The quantitative estimate of drug-likeness (QED) is 0.667. The molecule has 1 aromatic rings. The summed E-state index contributed by atoms with van der Waals surface area (Å²) >= 11 is 3.38. The number of nitrogens with one attached hydrogen (secondary N) is 1. The summed E-state index contributed by atoms with van der Waals surface area (Å²) in [4.78, 5) is 4.06. The van der Waals surface area contributed by atoms with Gasteiger partial charge in [-0.1, -0.05) is 19.8 Å². The molecule has 0 atom stereocenters. The fraction of sp³-hybridized carbons (Fsp3) is 0.643. The molecule has 18 heavy (non-hydrogen) atoms. The van der Waals surface area contributed by atoms with Crippen molar-refractivity contribution in [2.24, 2.45) is 0 Å². The number of halogens is 1. The molecular weight excluding hydrogens is 292 g/mol. The molecule has 1 rings (SSSR count). The summed E-state index contributed by atoms with van der Waals surface area (Å²) in [5.74, 6) is 0.842. The lowest BCUT2D eigenvalue weighted by molar-refractivity contribution is 0.303. The molecule has 1 N–H and O–H groups in total. The van der Waals surface area contributed by atoms with Crippen LogP contribution in [0.5, 0.6) is 5.75 Å². The van der Waals surface area contributed by atoms with Gasteiger partial charge in [0.05, 0.1) is 12.8 Å². The van der Waals surface area contributed by atoms with Gasteiger partial charge in [-0.25, -0.2) is 0 Å². The van der Waals surface area contributed by atoms with Crippen LogP contribution in [0.25, 0.3) is 0 Å². The molecule has 0 saturated heterocycles. The molecule has 0 amide bonds. The highest BCUT2D eigenvalue weighted by molar-refractivity contribution is 9.10. The number of hydrogen-bond donors (Lipinski definition) is 1. The SMILES string of the molecule is CCCNCCCCCCOc1cncc(Br)c1. The Hall–Kier alpha value is -0.610. The number of rotatable bonds is 10. The Morgan fingerprint density at radius 1 is 1.17 bits per heavy atom. The van der Waals surface area contributed by atoms with Gasteiger partial charge in [-0.3, -0.25) is 4.98 Å². The van der Waals surface area contributed by atoms with Gasteiger partial charge < -0.3 is 10.1 Å². The number of ether oxygens (including phenoxy) is 1. The van der Waals surface area contributed by atoms with Gasteiger partial charge in [-0.15, -0.1) is 0 Å². The van der Waals surface area contributed by atoms with Crippen molar-refractivity contribution in [2.75, 3.05) is 19.7 Å². The molecule has 0 fully saturated rings. The van der Waals surface area contributed by atoms with Crippen molar-refractivity contribution in [2.45, 2.75) is 39.0 Å². The Morgan fingerprint density at radius 2 is 2.00 bits per heavy atom. The van der Waals surface area contributed by atoms with Gasteiger partial charge in [0.25, 0.3) is 0 Å². The summed E-state index contributed by atoms with van der Waals surface area (Å²) in [5.41, 5.74) is 0. The summed E-state index contributed by atoms with van der Waals surface area (Å²) in [6.45, 7) is 5.25. The van der Waals surface area contributed by atoms with Gasteiger partial charge in [-0.05, 0) is 54.3 Å². The fourth-order valence-electron chi connectivity index (χ4n) is 1.67. The molecule has 102 valence electrons. The summed E-state index contributed by atoms with van der Waals surface area (Å²) in [6.07, 6.45) is 9.61. The molecule has 3 nitrogen and oxygen atoms in total. The standard InChI is InChI=1S/C14H23BrN2O/c1-2-7-16-8-5-3-4-6-9-18-14-10-13(15)11-17-12-14/h10-12,16H,2-9H2,1H3. The summed E-state index contributed by atoms with van der Waals surface area (Å²) in [7, 11) is 0. The molecule has 4 heteroatoms. The number of pyridine rings is 1. The van der Waals surface area contributed by atoms with E-state index in [9.17, 15) is 0 Å². The predicted molar refractivity (Wildman–Crippen MR) is 79.1 cm³/mol. The minimum absolute atomic E-state index is 0.778. The van der Waals surface area contributed by atoms with Crippen molar-refractivity contribution >= 4 is 15.9 Å². The molecule has 0 aromatic carbocycles. The summed E-state index contributed by atoms with van der Waals surface area (Å²) in [6, 6.07) is 1.95. The first-order valence-corrected chi connectivity index (χ1v) is 7.56. The van der Waals surface area contributed by atoms with Crippen molar-refractivity contribution in [1.29, 1.82) is 0 Å². The minimum Gasteiger partial charge on any atom is -0.492 e. The predicted octanol–water partition coefficient (Wildman–Crippen LogP) is 3.78. The Morgan fingerprint density at radius 3 is 2.78 bits per heavy atom. The van der Waals surface area contributed by atoms with Crippen LogP contribution in [-0.2, 0) is 0 Å². The van der Waals surface area contributed by atoms with Crippen LogP contribution in [0.4, 0.5) is 0 Å². The van der Waals surface area contributed by atoms with E-state index in [-0.39, 0.29) is 0 Å². The lowest BCUT2D eigenvalue weighted by Crippen LogP contribution is -2.15. The third-order valence-corrected chi connectivity index (χ3v) is 3.06. The first-order valence-electron chi connectivity index (χ1n) is 6.77. The van der Waals surface area contributed by atoms with Crippen LogP contribution in [0.2, 0.25) is 0 Å². The first kappa shape index (κ1) is 15.4. The van der Waals surface area contributed by atoms with Crippen LogP contribution < -0.4 is 10.1 Å². The summed E-state index contributed by atoms with van der Waals surface area (Å²) in [5, 5.41) is 3.41. The zero-order chi connectivity index (χ0) is 13.1.